The van der Waals surface area contributed by atoms with Gasteiger partial charge in [-0.25, -0.2) is 0 Å². The highest BCUT2D eigenvalue weighted by Crippen LogP contribution is 2.42. The van der Waals surface area contributed by atoms with E-state index < -0.39 is 0 Å². The zero-order chi connectivity index (χ0) is 20.9. The molecule has 3 aromatic rings. The molecule has 1 aromatic carbocycles. The Hall–Kier alpha value is -2.58. The van der Waals surface area contributed by atoms with Gasteiger partial charge >= 0.3 is 0 Å². The summed E-state index contributed by atoms with van der Waals surface area (Å²) >= 11 is 1.48. The maximum Gasteiger partial charge on any atom is 0.270 e. The van der Waals surface area contributed by atoms with Crippen LogP contribution in [-0.4, -0.2) is 38.6 Å². The minimum atomic E-state index is -0.273. The first kappa shape index (κ1) is 19.4. The highest BCUT2D eigenvalue weighted by molar-refractivity contribution is 8.00. The highest BCUT2D eigenvalue weighted by Gasteiger charge is 2.36. The van der Waals surface area contributed by atoms with Gasteiger partial charge in [0.05, 0.1) is 33.7 Å². The minimum absolute atomic E-state index is 0.0649. The molecule has 0 aliphatic carbocycles. The Balaban J connectivity index is 1.62. The SMILES string of the molecule is CC1(C)C[C@H](n2[nH]c(=O)c3c2NC(=O)CS[C@H]3c2ccc3ncccc3c2)CCO1. The van der Waals surface area contributed by atoms with Crippen molar-refractivity contribution in [2.45, 2.75) is 43.6 Å². The topological polar surface area (TPSA) is 89.0 Å². The molecule has 1 amide bonds. The summed E-state index contributed by atoms with van der Waals surface area (Å²) in [5.74, 6) is 0.794. The molecular formula is C22H24N4O3S. The summed E-state index contributed by atoms with van der Waals surface area (Å²) in [7, 11) is 0. The van der Waals surface area contributed by atoms with Gasteiger partial charge < -0.3 is 10.1 Å². The number of aromatic nitrogens is 3. The Kier molecular flexibility index (Phi) is 4.71. The fourth-order valence-electron chi connectivity index (χ4n) is 4.46. The average molecular weight is 425 g/mol. The molecule has 0 bridgehead atoms. The quantitative estimate of drug-likeness (QED) is 0.656. The second kappa shape index (κ2) is 7.28. The minimum Gasteiger partial charge on any atom is -0.375 e. The number of H-pyrrole nitrogens is 1. The Morgan fingerprint density at radius 2 is 2.13 bits per heavy atom. The van der Waals surface area contributed by atoms with E-state index in [0.717, 1.165) is 29.3 Å². The average Bonchev–Trinajstić information content (AvgIpc) is 2.92. The fourth-order valence-corrected chi connectivity index (χ4v) is 5.57. The second-order valence-electron chi connectivity index (χ2n) is 8.52. The van der Waals surface area contributed by atoms with Crippen molar-refractivity contribution >= 4 is 34.4 Å². The van der Waals surface area contributed by atoms with Crippen molar-refractivity contribution in [2.24, 2.45) is 0 Å². The number of anilines is 1. The zero-order valence-corrected chi connectivity index (χ0v) is 17.8. The van der Waals surface area contributed by atoms with Gasteiger partial charge in [-0.1, -0.05) is 12.1 Å². The van der Waals surface area contributed by atoms with E-state index in [2.05, 4.69) is 35.3 Å². The molecule has 2 atom stereocenters. The molecule has 0 saturated carbocycles. The molecule has 30 heavy (non-hydrogen) atoms. The van der Waals surface area contributed by atoms with E-state index in [-0.39, 0.29) is 28.4 Å². The number of thioether (sulfide) groups is 1. The fraction of sp³-hybridized carbons (Fsp3) is 0.409. The number of nitrogens with one attached hydrogen (secondary N) is 2. The summed E-state index contributed by atoms with van der Waals surface area (Å²) in [5.41, 5.74) is 2.09. The summed E-state index contributed by atoms with van der Waals surface area (Å²) < 4.78 is 7.70. The van der Waals surface area contributed by atoms with Gasteiger partial charge in [-0.3, -0.25) is 24.4 Å². The van der Waals surface area contributed by atoms with E-state index in [1.165, 1.54) is 11.8 Å². The van der Waals surface area contributed by atoms with Gasteiger partial charge in [0.2, 0.25) is 5.91 Å². The van der Waals surface area contributed by atoms with Gasteiger partial charge in [0.25, 0.3) is 5.56 Å². The number of carbonyl (C=O) groups excluding carboxylic acids is 1. The van der Waals surface area contributed by atoms with Crippen LogP contribution in [-0.2, 0) is 9.53 Å². The molecular weight excluding hydrogens is 400 g/mol. The van der Waals surface area contributed by atoms with Crippen molar-refractivity contribution in [1.82, 2.24) is 14.8 Å². The van der Waals surface area contributed by atoms with E-state index >= 15 is 0 Å². The number of amides is 1. The highest BCUT2D eigenvalue weighted by atomic mass is 32.2. The Bertz CT molecular complexity index is 1180. The first-order valence-corrected chi connectivity index (χ1v) is 11.2. The van der Waals surface area contributed by atoms with Crippen LogP contribution < -0.4 is 10.9 Å². The summed E-state index contributed by atoms with van der Waals surface area (Å²) in [6, 6.07) is 10.0. The van der Waals surface area contributed by atoms with Gasteiger partial charge in [-0.15, -0.1) is 11.8 Å². The normalized spacial score (nSPS) is 23.6. The van der Waals surface area contributed by atoms with Gasteiger partial charge in [0.1, 0.15) is 5.82 Å². The number of nitrogens with zero attached hydrogens (tertiary/aromatic N) is 2. The molecule has 5 rings (SSSR count). The van der Waals surface area contributed by atoms with Crippen LogP contribution in [0.25, 0.3) is 10.9 Å². The van der Waals surface area contributed by atoms with Crippen molar-refractivity contribution in [3.05, 3.63) is 58.0 Å². The Morgan fingerprint density at radius 1 is 1.27 bits per heavy atom. The number of carbonyl (C=O) groups is 1. The molecule has 8 heteroatoms. The lowest BCUT2D eigenvalue weighted by molar-refractivity contribution is -0.113. The lowest BCUT2D eigenvalue weighted by Gasteiger charge is -2.36. The summed E-state index contributed by atoms with van der Waals surface area (Å²) in [6.45, 7) is 4.73. The van der Waals surface area contributed by atoms with Crippen LogP contribution in [0.4, 0.5) is 5.82 Å². The molecule has 2 aromatic heterocycles. The smallest absolute Gasteiger partial charge is 0.270 e. The first-order chi connectivity index (χ1) is 14.4. The molecule has 1 fully saturated rings. The third kappa shape index (κ3) is 3.44. The molecule has 0 radical (unpaired) electrons. The second-order valence-corrected chi connectivity index (χ2v) is 9.62. The van der Waals surface area contributed by atoms with Gasteiger partial charge in [-0.2, -0.15) is 0 Å². The molecule has 2 aliphatic heterocycles. The van der Waals surface area contributed by atoms with Crippen molar-refractivity contribution in [2.75, 3.05) is 17.7 Å². The summed E-state index contributed by atoms with van der Waals surface area (Å²) in [5, 5.41) is 6.79. The van der Waals surface area contributed by atoms with E-state index in [0.29, 0.717) is 23.7 Å². The molecule has 4 heterocycles. The van der Waals surface area contributed by atoms with Crippen LogP contribution in [0.1, 0.15) is 49.1 Å². The van der Waals surface area contributed by atoms with E-state index in [1.54, 1.807) is 6.20 Å². The number of fused-ring (bicyclic) bond motifs is 2. The molecule has 7 nitrogen and oxygen atoms in total. The van der Waals surface area contributed by atoms with Crippen molar-refractivity contribution in [1.29, 1.82) is 0 Å². The number of ether oxygens (including phenoxy) is 1. The molecule has 1 saturated heterocycles. The van der Waals surface area contributed by atoms with Crippen LogP contribution in [0, 0.1) is 0 Å². The van der Waals surface area contributed by atoms with E-state index in [1.807, 2.05) is 28.9 Å². The van der Waals surface area contributed by atoms with Crippen molar-refractivity contribution in [3.63, 3.8) is 0 Å². The third-order valence-electron chi connectivity index (χ3n) is 5.83. The molecule has 156 valence electrons. The van der Waals surface area contributed by atoms with E-state index in [4.69, 9.17) is 4.74 Å². The molecule has 2 aliphatic rings. The number of rotatable bonds is 2. The lowest BCUT2D eigenvalue weighted by Crippen LogP contribution is -2.36. The van der Waals surface area contributed by atoms with Crippen LogP contribution in [0.2, 0.25) is 0 Å². The number of benzene rings is 1. The van der Waals surface area contributed by atoms with Gasteiger partial charge in [0, 0.05) is 18.2 Å². The number of hydrogen-bond donors (Lipinski definition) is 2. The Morgan fingerprint density at radius 3 is 2.97 bits per heavy atom. The first-order valence-electron chi connectivity index (χ1n) is 10.2. The Labute approximate surface area is 178 Å². The van der Waals surface area contributed by atoms with Crippen LogP contribution in [0.5, 0.6) is 0 Å². The van der Waals surface area contributed by atoms with E-state index in [9.17, 15) is 9.59 Å². The van der Waals surface area contributed by atoms with Gasteiger partial charge in [-0.05, 0) is 50.5 Å². The monoisotopic (exact) mass is 424 g/mol. The molecule has 0 unspecified atom stereocenters. The predicted molar refractivity (Wildman–Crippen MR) is 118 cm³/mol. The third-order valence-corrected chi connectivity index (χ3v) is 7.10. The predicted octanol–water partition coefficient (Wildman–Crippen LogP) is 3.63. The van der Waals surface area contributed by atoms with Crippen molar-refractivity contribution < 1.29 is 9.53 Å². The van der Waals surface area contributed by atoms with Crippen LogP contribution in [0.3, 0.4) is 0 Å². The molecule has 2 N–H and O–H groups in total. The number of hydrogen-bond acceptors (Lipinski definition) is 5. The zero-order valence-electron chi connectivity index (χ0n) is 17.0. The summed E-state index contributed by atoms with van der Waals surface area (Å²) in [4.78, 5) is 30.0. The van der Waals surface area contributed by atoms with Gasteiger partial charge in [0.15, 0.2) is 0 Å². The number of pyridine rings is 1. The van der Waals surface area contributed by atoms with Crippen LogP contribution >= 0.6 is 11.8 Å². The maximum absolute atomic E-state index is 13.1. The standard InChI is InChI=1S/C22H24N4O3S/c1-22(2)11-15(7-9-29-22)26-20-18(21(28)25-26)19(30-12-17(27)24-20)14-5-6-16-13(10-14)4-3-8-23-16/h3-6,8,10,15,19H,7,9,11-12H2,1-2H3,(H,24,27)(H,25,28)/t15-,19+/m1/s1. The maximum atomic E-state index is 13.1. The summed E-state index contributed by atoms with van der Waals surface area (Å²) in [6.07, 6.45) is 3.32. The lowest BCUT2D eigenvalue weighted by atomic mass is 9.94. The number of aromatic amines is 1. The molecule has 0 spiro atoms. The van der Waals surface area contributed by atoms with Crippen molar-refractivity contribution in [3.8, 4) is 0 Å². The van der Waals surface area contributed by atoms with Crippen LogP contribution in [0.15, 0.2) is 41.3 Å². The largest absolute Gasteiger partial charge is 0.375 e.